The summed E-state index contributed by atoms with van der Waals surface area (Å²) in [5.74, 6) is -2.25. The maximum absolute atomic E-state index is 12.9. The lowest BCUT2D eigenvalue weighted by molar-refractivity contribution is -0.136. The zero-order valence-electron chi connectivity index (χ0n) is 15.9. The summed E-state index contributed by atoms with van der Waals surface area (Å²) in [6, 6.07) is 3.37. The zero-order valence-corrected chi connectivity index (χ0v) is 15.9. The van der Waals surface area contributed by atoms with Crippen molar-refractivity contribution >= 4 is 29.7 Å². The molecule has 2 aliphatic rings. The molecule has 0 radical (unpaired) electrons. The normalized spacial score (nSPS) is 19.4. The molecule has 2 aliphatic heterocycles. The van der Waals surface area contributed by atoms with Gasteiger partial charge in [0.05, 0.1) is 11.1 Å². The van der Waals surface area contributed by atoms with Gasteiger partial charge in [-0.05, 0) is 38.8 Å². The van der Waals surface area contributed by atoms with Crippen molar-refractivity contribution in [1.29, 1.82) is 0 Å². The number of imide groups is 2. The van der Waals surface area contributed by atoms with Crippen LogP contribution in [0.2, 0.25) is 0 Å². The second-order valence-electron chi connectivity index (χ2n) is 7.84. The third kappa shape index (κ3) is 3.73. The van der Waals surface area contributed by atoms with Gasteiger partial charge >= 0.3 is 6.03 Å². The van der Waals surface area contributed by atoms with E-state index in [0.717, 1.165) is 4.90 Å². The quantitative estimate of drug-likeness (QED) is 0.659. The maximum atomic E-state index is 12.9. The van der Waals surface area contributed by atoms with E-state index < -0.39 is 41.2 Å². The third-order valence-corrected chi connectivity index (χ3v) is 4.48. The minimum Gasteiger partial charge on any atom is -0.334 e. The molecule has 3 N–H and O–H groups in total. The molecule has 0 spiro atoms. The van der Waals surface area contributed by atoms with E-state index >= 15 is 0 Å². The number of urea groups is 1. The van der Waals surface area contributed by atoms with E-state index in [1.807, 2.05) is 20.8 Å². The number of amides is 6. The average Bonchev–Trinajstić information content (AvgIpc) is 2.84. The van der Waals surface area contributed by atoms with Crippen LogP contribution in [0.4, 0.5) is 4.79 Å². The summed E-state index contributed by atoms with van der Waals surface area (Å²) in [6.45, 7) is 5.57. The van der Waals surface area contributed by atoms with Crippen LogP contribution in [0.3, 0.4) is 0 Å². The van der Waals surface area contributed by atoms with Crippen molar-refractivity contribution in [2.45, 2.75) is 51.7 Å². The molecule has 0 aromatic heterocycles. The van der Waals surface area contributed by atoms with Crippen LogP contribution in [-0.4, -0.2) is 46.1 Å². The Kier molecular flexibility index (Phi) is 4.93. The fraction of sp³-hybridized carbons (Fsp3) is 0.421. The SMILES string of the molecule is CC(C)(C)NC(=O)NCc1cccc2c1C(=O)N([C@H]1CCC(=O)NC1=O)C2=O. The van der Waals surface area contributed by atoms with E-state index in [2.05, 4.69) is 16.0 Å². The number of carbonyl (C=O) groups is 5. The van der Waals surface area contributed by atoms with Crippen LogP contribution in [0, 0.1) is 0 Å². The summed E-state index contributed by atoms with van der Waals surface area (Å²) in [5.41, 5.74) is 0.421. The molecule has 3 rings (SSSR count). The zero-order chi connectivity index (χ0) is 20.6. The predicted octanol–water partition coefficient (Wildman–Crippen LogP) is 0.685. The Morgan fingerprint density at radius 3 is 2.54 bits per heavy atom. The monoisotopic (exact) mass is 386 g/mol. The van der Waals surface area contributed by atoms with E-state index in [1.54, 1.807) is 12.1 Å². The highest BCUT2D eigenvalue weighted by Gasteiger charge is 2.45. The molecule has 148 valence electrons. The molecule has 0 saturated carbocycles. The minimum atomic E-state index is -1.02. The van der Waals surface area contributed by atoms with Gasteiger partial charge in [0.2, 0.25) is 11.8 Å². The molecule has 9 nitrogen and oxygen atoms in total. The van der Waals surface area contributed by atoms with Crippen molar-refractivity contribution in [1.82, 2.24) is 20.9 Å². The standard InChI is InChI=1S/C19H22N4O5/c1-19(2,3)22-18(28)20-9-10-5-4-6-11-14(10)17(27)23(16(11)26)12-7-8-13(24)21-15(12)25/h4-6,12H,7-9H2,1-3H3,(H2,20,22,28)(H,21,24,25)/t12-/m0/s1. The van der Waals surface area contributed by atoms with E-state index in [0.29, 0.717) is 5.56 Å². The van der Waals surface area contributed by atoms with E-state index in [9.17, 15) is 24.0 Å². The van der Waals surface area contributed by atoms with Gasteiger partial charge in [0, 0.05) is 18.5 Å². The van der Waals surface area contributed by atoms with Gasteiger partial charge in [-0.3, -0.25) is 29.4 Å². The molecule has 28 heavy (non-hydrogen) atoms. The number of nitrogens with one attached hydrogen (secondary N) is 3. The van der Waals surface area contributed by atoms with Gasteiger partial charge in [0.1, 0.15) is 6.04 Å². The molecule has 1 aromatic rings. The number of rotatable bonds is 3. The summed E-state index contributed by atoms with van der Waals surface area (Å²) in [5, 5.41) is 7.59. The van der Waals surface area contributed by atoms with Gasteiger partial charge < -0.3 is 10.6 Å². The number of benzene rings is 1. The minimum absolute atomic E-state index is 0.0489. The Balaban J connectivity index is 1.81. The Hall–Kier alpha value is -3.23. The third-order valence-electron chi connectivity index (χ3n) is 4.48. The Morgan fingerprint density at radius 1 is 1.18 bits per heavy atom. The van der Waals surface area contributed by atoms with Crippen LogP contribution < -0.4 is 16.0 Å². The molecule has 0 unspecified atom stereocenters. The largest absolute Gasteiger partial charge is 0.334 e. The first-order valence-electron chi connectivity index (χ1n) is 8.98. The number of hydrogen-bond acceptors (Lipinski definition) is 5. The number of carbonyl (C=O) groups excluding carboxylic acids is 5. The first-order chi connectivity index (χ1) is 13.1. The number of piperidine rings is 1. The molecular formula is C19H22N4O5. The smallest absolute Gasteiger partial charge is 0.315 e. The van der Waals surface area contributed by atoms with Crippen molar-refractivity contribution < 1.29 is 24.0 Å². The van der Waals surface area contributed by atoms with Crippen molar-refractivity contribution in [3.63, 3.8) is 0 Å². The Bertz CT molecular complexity index is 887. The van der Waals surface area contributed by atoms with Crippen molar-refractivity contribution in [3.8, 4) is 0 Å². The summed E-state index contributed by atoms with van der Waals surface area (Å²) < 4.78 is 0. The molecule has 1 atom stereocenters. The highest BCUT2D eigenvalue weighted by atomic mass is 16.2. The van der Waals surface area contributed by atoms with Crippen LogP contribution in [0.1, 0.15) is 59.9 Å². The van der Waals surface area contributed by atoms with E-state index in [1.165, 1.54) is 6.07 Å². The van der Waals surface area contributed by atoms with Gasteiger partial charge in [-0.25, -0.2) is 4.79 Å². The van der Waals surface area contributed by atoms with Gasteiger partial charge in [0.15, 0.2) is 0 Å². The summed E-state index contributed by atoms with van der Waals surface area (Å²) >= 11 is 0. The highest BCUT2D eigenvalue weighted by molar-refractivity contribution is 6.24. The fourth-order valence-electron chi connectivity index (χ4n) is 3.29. The highest BCUT2D eigenvalue weighted by Crippen LogP contribution is 2.29. The Morgan fingerprint density at radius 2 is 1.89 bits per heavy atom. The van der Waals surface area contributed by atoms with E-state index in [4.69, 9.17) is 0 Å². The molecule has 2 heterocycles. The van der Waals surface area contributed by atoms with Gasteiger partial charge in [-0.15, -0.1) is 0 Å². The topological polar surface area (TPSA) is 125 Å². The second-order valence-corrected chi connectivity index (χ2v) is 7.84. The molecule has 0 bridgehead atoms. The number of fused-ring (bicyclic) bond motifs is 1. The lowest BCUT2D eigenvalue weighted by Crippen LogP contribution is -2.54. The molecule has 1 saturated heterocycles. The van der Waals surface area contributed by atoms with Crippen LogP contribution in [0.15, 0.2) is 18.2 Å². The van der Waals surface area contributed by atoms with Crippen molar-refractivity contribution in [2.75, 3.05) is 0 Å². The Labute approximate surface area is 161 Å². The lowest BCUT2D eigenvalue weighted by atomic mass is 10.0. The lowest BCUT2D eigenvalue weighted by Gasteiger charge is -2.27. The first kappa shape index (κ1) is 19.5. The average molecular weight is 386 g/mol. The molecule has 9 heteroatoms. The van der Waals surface area contributed by atoms with Crippen LogP contribution in [-0.2, 0) is 16.1 Å². The van der Waals surface area contributed by atoms with Crippen LogP contribution >= 0.6 is 0 Å². The van der Waals surface area contributed by atoms with Gasteiger partial charge in [-0.2, -0.15) is 0 Å². The van der Waals surface area contributed by atoms with Crippen molar-refractivity contribution in [3.05, 3.63) is 34.9 Å². The van der Waals surface area contributed by atoms with Crippen molar-refractivity contribution in [2.24, 2.45) is 0 Å². The molecule has 6 amide bonds. The number of hydrogen-bond donors (Lipinski definition) is 3. The molecular weight excluding hydrogens is 364 g/mol. The number of nitrogens with zero attached hydrogens (tertiary/aromatic N) is 1. The fourth-order valence-corrected chi connectivity index (χ4v) is 3.29. The van der Waals surface area contributed by atoms with Crippen LogP contribution in [0.5, 0.6) is 0 Å². The molecule has 0 aliphatic carbocycles. The first-order valence-corrected chi connectivity index (χ1v) is 8.98. The van der Waals surface area contributed by atoms with Gasteiger partial charge in [0.25, 0.3) is 11.8 Å². The van der Waals surface area contributed by atoms with Crippen LogP contribution in [0.25, 0.3) is 0 Å². The van der Waals surface area contributed by atoms with E-state index in [-0.39, 0.29) is 30.5 Å². The predicted molar refractivity (Wildman–Crippen MR) is 98.2 cm³/mol. The van der Waals surface area contributed by atoms with Gasteiger partial charge in [-0.1, -0.05) is 12.1 Å². The summed E-state index contributed by atoms with van der Waals surface area (Å²) in [4.78, 5) is 62.1. The maximum Gasteiger partial charge on any atom is 0.315 e. The molecule has 1 fully saturated rings. The second kappa shape index (κ2) is 7.06. The summed E-state index contributed by atoms with van der Waals surface area (Å²) in [6.07, 6.45) is 0.156. The summed E-state index contributed by atoms with van der Waals surface area (Å²) in [7, 11) is 0. The molecule has 1 aromatic carbocycles.